The van der Waals surface area contributed by atoms with Crippen molar-refractivity contribution in [2.75, 3.05) is 17.2 Å². The quantitative estimate of drug-likeness (QED) is 0.604. The van der Waals surface area contributed by atoms with E-state index in [0.717, 1.165) is 0 Å². The second kappa shape index (κ2) is 8.11. The molecule has 2 N–H and O–H groups in total. The molecule has 0 unspecified atom stereocenters. The molecule has 25 heavy (non-hydrogen) atoms. The second-order valence-corrected chi connectivity index (χ2v) is 5.40. The van der Waals surface area contributed by atoms with E-state index in [0.29, 0.717) is 22.1 Å². The largest absolute Gasteiger partial charge is 0.484 e. The summed E-state index contributed by atoms with van der Waals surface area (Å²) in [7, 11) is 0. The van der Waals surface area contributed by atoms with Crippen LogP contribution in [0.3, 0.4) is 0 Å². The molecule has 2 amide bonds. The number of anilines is 2. The van der Waals surface area contributed by atoms with E-state index in [9.17, 15) is 19.7 Å². The highest BCUT2D eigenvalue weighted by atomic mass is 35.5. The van der Waals surface area contributed by atoms with Crippen LogP contribution in [0, 0.1) is 10.1 Å². The van der Waals surface area contributed by atoms with E-state index in [4.69, 9.17) is 16.3 Å². The first-order chi connectivity index (χ1) is 11.8. The van der Waals surface area contributed by atoms with Crippen LogP contribution in [0.1, 0.15) is 6.92 Å². The summed E-state index contributed by atoms with van der Waals surface area (Å²) in [5.41, 5.74) is 0.663. The van der Waals surface area contributed by atoms with Gasteiger partial charge < -0.3 is 15.4 Å². The van der Waals surface area contributed by atoms with Gasteiger partial charge in [-0.1, -0.05) is 11.6 Å². The maximum atomic E-state index is 12.0. The molecule has 0 radical (unpaired) electrons. The van der Waals surface area contributed by atoms with Crippen LogP contribution in [0.25, 0.3) is 0 Å². The highest BCUT2D eigenvalue weighted by Gasteiger charge is 2.10. The predicted molar refractivity (Wildman–Crippen MR) is 93.0 cm³/mol. The van der Waals surface area contributed by atoms with Gasteiger partial charge in [0.15, 0.2) is 6.61 Å². The smallest absolute Gasteiger partial charge is 0.269 e. The summed E-state index contributed by atoms with van der Waals surface area (Å²) in [6, 6.07) is 9.99. The summed E-state index contributed by atoms with van der Waals surface area (Å²) < 4.78 is 5.27. The Balaban J connectivity index is 1.99. The molecule has 2 aromatic rings. The van der Waals surface area contributed by atoms with Gasteiger partial charge in [0.2, 0.25) is 5.91 Å². The Hall–Kier alpha value is -3.13. The molecular formula is C16H14ClN3O5. The van der Waals surface area contributed by atoms with E-state index in [1.54, 1.807) is 12.1 Å². The number of nitrogens with one attached hydrogen (secondary N) is 2. The lowest BCUT2D eigenvalue weighted by molar-refractivity contribution is -0.384. The monoisotopic (exact) mass is 363 g/mol. The van der Waals surface area contributed by atoms with Crippen LogP contribution < -0.4 is 15.4 Å². The van der Waals surface area contributed by atoms with Crippen molar-refractivity contribution in [2.24, 2.45) is 0 Å². The van der Waals surface area contributed by atoms with Crippen LogP contribution in [0.15, 0.2) is 42.5 Å². The molecule has 9 heteroatoms. The number of benzene rings is 2. The standard InChI is InChI=1S/C16H14ClN3O5/c1-10(21)18-14-7-2-11(17)8-15(14)19-16(22)9-25-13-5-3-12(4-6-13)20(23)24/h2-8H,9H2,1H3,(H,18,21)(H,19,22). The molecule has 0 aromatic heterocycles. The molecule has 2 aromatic carbocycles. The molecule has 0 saturated carbocycles. The van der Waals surface area contributed by atoms with E-state index in [2.05, 4.69) is 10.6 Å². The molecule has 0 aliphatic rings. The third-order valence-corrected chi connectivity index (χ3v) is 3.22. The third-order valence-electron chi connectivity index (χ3n) is 2.98. The number of ether oxygens (including phenoxy) is 1. The predicted octanol–water partition coefficient (Wildman–Crippen LogP) is 3.22. The summed E-state index contributed by atoms with van der Waals surface area (Å²) in [5, 5.41) is 16.1. The van der Waals surface area contributed by atoms with Crippen molar-refractivity contribution in [3.63, 3.8) is 0 Å². The Bertz CT molecular complexity index is 808. The Morgan fingerprint density at radius 2 is 1.80 bits per heavy atom. The van der Waals surface area contributed by atoms with Gasteiger partial charge in [-0.25, -0.2) is 0 Å². The molecule has 0 bridgehead atoms. The molecule has 0 aliphatic heterocycles. The van der Waals surface area contributed by atoms with Crippen LogP contribution in [0.5, 0.6) is 5.75 Å². The average Bonchev–Trinajstić information content (AvgIpc) is 2.55. The molecule has 8 nitrogen and oxygen atoms in total. The van der Waals surface area contributed by atoms with Crippen molar-refractivity contribution in [3.05, 3.63) is 57.6 Å². The lowest BCUT2D eigenvalue weighted by Crippen LogP contribution is -2.21. The summed E-state index contributed by atoms with van der Waals surface area (Å²) in [6.45, 7) is 1.03. The Morgan fingerprint density at radius 1 is 1.12 bits per heavy atom. The lowest BCUT2D eigenvalue weighted by atomic mass is 10.2. The van der Waals surface area contributed by atoms with E-state index < -0.39 is 10.8 Å². The fourth-order valence-electron chi connectivity index (χ4n) is 1.92. The average molecular weight is 364 g/mol. The fraction of sp³-hybridized carbons (Fsp3) is 0.125. The van der Waals surface area contributed by atoms with Crippen LogP contribution >= 0.6 is 11.6 Å². The van der Waals surface area contributed by atoms with Gasteiger partial charge in [0.25, 0.3) is 11.6 Å². The molecular weight excluding hydrogens is 350 g/mol. The van der Waals surface area contributed by atoms with E-state index in [1.165, 1.54) is 37.3 Å². The minimum absolute atomic E-state index is 0.0734. The fourth-order valence-corrected chi connectivity index (χ4v) is 2.09. The van der Waals surface area contributed by atoms with Gasteiger partial charge in [0.05, 0.1) is 16.3 Å². The zero-order valence-corrected chi connectivity index (χ0v) is 13.9. The highest BCUT2D eigenvalue weighted by Crippen LogP contribution is 2.26. The zero-order valence-electron chi connectivity index (χ0n) is 13.1. The van der Waals surface area contributed by atoms with Gasteiger partial charge in [0.1, 0.15) is 5.75 Å². The number of carbonyl (C=O) groups excluding carboxylic acids is 2. The number of nitro groups is 1. The number of hydrogen-bond donors (Lipinski definition) is 2. The number of halogens is 1. The Kier molecular flexibility index (Phi) is 5.91. The number of carbonyl (C=O) groups is 2. The van der Waals surface area contributed by atoms with E-state index in [1.807, 2.05) is 0 Å². The second-order valence-electron chi connectivity index (χ2n) is 4.96. The van der Waals surface area contributed by atoms with E-state index >= 15 is 0 Å². The number of rotatable bonds is 6. The lowest BCUT2D eigenvalue weighted by Gasteiger charge is -2.12. The van der Waals surface area contributed by atoms with Crippen molar-refractivity contribution < 1.29 is 19.2 Å². The number of nitrogens with zero attached hydrogens (tertiary/aromatic N) is 1. The molecule has 0 aliphatic carbocycles. The van der Waals surface area contributed by atoms with Crippen LogP contribution in [-0.4, -0.2) is 23.3 Å². The number of amides is 2. The third kappa shape index (κ3) is 5.47. The van der Waals surface area contributed by atoms with Crippen molar-refractivity contribution >= 4 is 40.5 Å². The van der Waals surface area contributed by atoms with Gasteiger partial charge in [-0.15, -0.1) is 0 Å². The maximum Gasteiger partial charge on any atom is 0.269 e. The first-order valence-corrected chi connectivity index (χ1v) is 7.47. The summed E-state index contributed by atoms with van der Waals surface area (Å²) in [4.78, 5) is 33.3. The SMILES string of the molecule is CC(=O)Nc1ccc(Cl)cc1NC(=O)COc1ccc([N+](=O)[O-])cc1. The van der Waals surface area contributed by atoms with Crippen LogP contribution in [-0.2, 0) is 9.59 Å². The molecule has 0 fully saturated rings. The van der Waals surface area contributed by atoms with Crippen LogP contribution in [0.2, 0.25) is 5.02 Å². The summed E-state index contributed by atoms with van der Waals surface area (Å²) in [6.07, 6.45) is 0. The molecule has 0 heterocycles. The molecule has 130 valence electrons. The van der Waals surface area contributed by atoms with Gasteiger partial charge in [0, 0.05) is 24.1 Å². The van der Waals surface area contributed by atoms with Crippen molar-refractivity contribution in [3.8, 4) is 5.75 Å². The molecule has 0 spiro atoms. The van der Waals surface area contributed by atoms with Crippen molar-refractivity contribution in [1.82, 2.24) is 0 Å². The van der Waals surface area contributed by atoms with E-state index in [-0.39, 0.29) is 18.2 Å². The first-order valence-electron chi connectivity index (χ1n) is 7.09. The van der Waals surface area contributed by atoms with Gasteiger partial charge in [-0.3, -0.25) is 19.7 Å². The van der Waals surface area contributed by atoms with Gasteiger partial charge >= 0.3 is 0 Å². The maximum absolute atomic E-state index is 12.0. The zero-order chi connectivity index (χ0) is 18.4. The molecule has 0 atom stereocenters. The Labute approximate surface area is 147 Å². The topological polar surface area (TPSA) is 111 Å². The molecule has 2 rings (SSSR count). The number of nitro benzene ring substituents is 1. The van der Waals surface area contributed by atoms with Crippen LogP contribution in [0.4, 0.5) is 17.1 Å². The number of non-ortho nitro benzene ring substituents is 1. The summed E-state index contributed by atoms with van der Waals surface area (Å²) >= 11 is 5.90. The minimum Gasteiger partial charge on any atom is -0.484 e. The van der Waals surface area contributed by atoms with Crippen molar-refractivity contribution in [1.29, 1.82) is 0 Å². The minimum atomic E-state index is -0.529. The molecule has 0 saturated heterocycles. The normalized spacial score (nSPS) is 10.0. The highest BCUT2D eigenvalue weighted by molar-refractivity contribution is 6.31. The van der Waals surface area contributed by atoms with Gasteiger partial charge in [-0.05, 0) is 30.3 Å². The Morgan fingerprint density at radius 3 is 2.40 bits per heavy atom. The van der Waals surface area contributed by atoms with Crippen molar-refractivity contribution in [2.45, 2.75) is 6.92 Å². The number of hydrogen-bond acceptors (Lipinski definition) is 5. The summed E-state index contributed by atoms with van der Waals surface area (Å²) in [5.74, 6) is -0.457. The van der Waals surface area contributed by atoms with Gasteiger partial charge in [-0.2, -0.15) is 0 Å². The first kappa shape index (κ1) is 18.2.